The van der Waals surface area contributed by atoms with Crippen LogP contribution in [0.3, 0.4) is 0 Å². The normalized spacial score (nSPS) is 11.1. The van der Waals surface area contributed by atoms with Crippen LogP contribution in [0.1, 0.15) is 103 Å². The van der Waals surface area contributed by atoms with Crippen molar-refractivity contribution in [3.63, 3.8) is 0 Å². The van der Waals surface area contributed by atoms with Crippen molar-refractivity contribution in [1.82, 2.24) is 0 Å². The van der Waals surface area contributed by atoms with Gasteiger partial charge in [-0.1, -0.05) is 89.9 Å². The number of thiol groups is 1. The van der Waals surface area contributed by atoms with Gasteiger partial charge in [-0.05, 0) is 18.6 Å². The van der Waals surface area contributed by atoms with E-state index < -0.39 is 0 Å². The molecule has 21 heavy (non-hydrogen) atoms. The summed E-state index contributed by atoms with van der Waals surface area (Å²) in [7, 11) is 1.80. The monoisotopic (exact) mass is 316 g/mol. The second kappa shape index (κ2) is 20.3. The van der Waals surface area contributed by atoms with Crippen molar-refractivity contribution in [3.8, 4) is 0 Å². The molecular formula is C19H40OS. The van der Waals surface area contributed by atoms with E-state index in [1.807, 2.05) is 0 Å². The fourth-order valence-corrected chi connectivity index (χ4v) is 3.06. The Kier molecular flexibility index (Phi) is 20.6. The highest BCUT2D eigenvalue weighted by molar-refractivity contribution is 7.80. The molecule has 0 saturated heterocycles. The standard InChI is InChI=1S/C19H40OS/c1-20-18-16-14-12-10-8-6-4-2-3-5-7-9-11-13-15-17-19-21/h21H,2-19H2,1H3. The summed E-state index contributed by atoms with van der Waals surface area (Å²) >= 11 is 4.25. The average molecular weight is 317 g/mol. The first-order valence-electron chi connectivity index (χ1n) is 9.51. The highest BCUT2D eigenvalue weighted by Gasteiger charge is 1.94. The minimum Gasteiger partial charge on any atom is -0.385 e. The molecule has 0 N–H and O–H groups in total. The maximum Gasteiger partial charge on any atom is 0.0462 e. The molecule has 0 aliphatic carbocycles. The molecule has 2 heteroatoms. The third kappa shape index (κ3) is 20.3. The lowest BCUT2D eigenvalue weighted by molar-refractivity contribution is 0.192. The molecule has 1 nitrogen and oxygen atoms in total. The lowest BCUT2D eigenvalue weighted by atomic mass is 10.0. The van der Waals surface area contributed by atoms with Crippen LogP contribution in [0.5, 0.6) is 0 Å². The second-order valence-corrected chi connectivity index (χ2v) is 6.82. The molecule has 0 bridgehead atoms. The van der Waals surface area contributed by atoms with Gasteiger partial charge in [0.15, 0.2) is 0 Å². The summed E-state index contributed by atoms with van der Waals surface area (Å²) in [6.07, 6.45) is 22.6. The molecule has 0 atom stereocenters. The van der Waals surface area contributed by atoms with E-state index in [-0.39, 0.29) is 0 Å². The van der Waals surface area contributed by atoms with E-state index in [1.54, 1.807) is 7.11 Å². The fraction of sp³-hybridized carbons (Fsp3) is 1.00. The Balaban J connectivity index is 2.90. The zero-order valence-electron chi connectivity index (χ0n) is 14.6. The molecule has 0 aliphatic rings. The first kappa shape index (κ1) is 21.3. The maximum absolute atomic E-state index is 5.06. The molecule has 0 heterocycles. The zero-order chi connectivity index (χ0) is 15.4. The van der Waals surface area contributed by atoms with Crippen molar-refractivity contribution < 1.29 is 4.74 Å². The summed E-state index contributed by atoms with van der Waals surface area (Å²) in [5.74, 6) is 1.06. The van der Waals surface area contributed by atoms with Gasteiger partial charge in [0.1, 0.15) is 0 Å². The molecule has 0 unspecified atom stereocenters. The van der Waals surface area contributed by atoms with Crippen LogP contribution in [0.4, 0.5) is 0 Å². The highest BCUT2D eigenvalue weighted by Crippen LogP contribution is 2.13. The van der Waals surface area contributed by atoms with E-state index in [2.05, 4.69) is 12.6 Å². The Morgan fingerprint density at radius 1 is 0.476 bits per heavy atom. The van der Waals surface area contributed by atoms with Gasteiger partial charge in [-0.15, -0.1) is 0 Å². The van der Waals surface area contributed by atoms with Crippen LogP contribution in [0.15, 0.2) is 0 Å². The van der Waals surface area contributed by atoms with Gasteiger partial charge in [-0.2, -0.15) is 12.6 Å². The predicted octanol–water partition coefficient (Wildman–Crippen LogP) is 6.80. The molecule has 0 radical (unpaired) electrons. The van der Waals surface area contributed by atoms with Crippen molar-refractivity contribution >= 4 is 12.6 Å². The van der Waals surface area contributed by atoms with Crippen molar-refractivity contribution in [2.45, 2.75) is 103 Å². The van der Waals surface area contributed by atoms with E-state index in [9.17, 15) is 0 Å². The van der Waals surface area contributed by atoms with Crippen molar-refractivity contribution in [2.75, 3.05) is 19.5 Å². The molecule has 0 spiro atoms. The SMILES string of the molecule is COCCCCCCCCCCCCCCCCCCS. The second-order valence-electron chi connectivity index (χ2n) is 6.37. The van der Waals surface area contributed by atoms with Crippen LogP contribution < -0.4 is 0 Å². The molecule has 0 amide bonds. The van der Waals surface area contributed by atoms with E-state index in [0.29, 0.717) is 0 Å². The Morgan fingerprint density at radius 3 is 1.05 bits per heavy atom. The van der Waals surface area contributed by atoms with Gasteiger partial charge in [0.05, 0.1) is 0 Å². The Labute approximate surface area is 140 Å². The molecule has 128 valence electrons. The van der Waals surface area contributed by atoms with Gasteiger partial charge in [-0.3, -0.25) is 0 Å². The molecule has 0 saturated carbocycles. The van der Waals surface area contributed by atoms with Gasteiger partial charge < -0.3 is 4.74 Å². The number of unbranched alkanes of at least 4 members (excludes halogenated alkanes) is 15. The topological polar surface area (TPSA) is 9.23 Å². The molecule has 0 aliphatic heterocycles. The predicted molar refractivity (Wildman–Crippen MR) is 99.6 cm³/mol. The summed E-state index contributed by atoms with van der Waals surface area (Å²) in [4.78, 5) is 0. The molecule has 0 aromatic heterocycles. The van der Waals surface area contributed by atoms with Crippen LogP contribution in [-0.4, -0.2) is 19.5 Å². The largest absolute Gasteiger partial charge is 0.385 e. The lowest BCUT2D eigenvalue weighted by Crippen LogP contribution is -1.88. The molecule has 0 aromatic rings. The average Bonchev–Trinajstić information content (AvgIpc) is 2.50. The van der Waals surface area contributed by atoms with Gasteiger partial charge in [0, 0.05) is 13.7 Å². The van der Waals surface area contributed by atoms with Gasteiger partial charge in [-0.25, -0.2) is 0 Å². The zero-order valence-corrected chi connectivity index (χ0v) is 15.5. The summed E-state index contributed by atoms with van der Waals surface area (Å²) in [5.41, 5.74) is 0. The number of ether oxygens (including phenoxy) is 1. The smallest absolute Gasteiger partial charge is 0.0462 e. The van der Waals surface area contributed by atoms with Gasteiger partial charge in [0.2, 0.25) is 0 Å². The van der Waals surface area contributed by atoms with Crippen molar-refractivity contribution in [3.05, 3.63) is 0 Å². The number of hydrogen-bond donors (Lipinski definition) is 1. The summed E-state index contributed by atoms with van der Waals surface area (Å²) in [6, 6.07) is 0. The maximum atomic E-state index is 5.06. The summed E-state index contributed by atoms with van der Waals surface area (Å²) < 4.78 is 5.06. The van der Waals surface area contributed by atoms with Crippen LogP contribution in [-0.2, 0) is 4.74 Å². The first-order valence-corrected chi connectivity index (χ1v) is 10.1. The number of hydrogen-bond acceptors (Lipinski definition) is 2. The van der Waals surface area contributed by atoms with Crippen molar-refractivity contribution in [1.29, 1.82) is 0 Å². The number of rotatable bonds is 18. The van der Waals surface area contributed by atoms with Crippen LogP contribution in [0.25, 0.3) is 0 Å². The first-order chi connectivity index (χ1) is 10.4. The fourth-order valence-electron chi connectivity index (χ4n) is 2.83. The molecule has 0 aromatic carbocycles. The van der Waals surface area contributed by atoms with Crippen LogP contribution in [0.2, 0.25) is 0 Å². The third-order valence-corrected chi connectivity index (χ3v) is 4.57. The third-order valence-electron chi connectivity index (χ3n) is 4.26. The van der Waals surface area contributed by atoms with Crippen molar-refractivity contribution in [2.24, 2.45) is 0 Å². The van der Waals surface area contributed by atoms with Crippen LogP contribution >= 0.6 is 12.6 Å². The van der Waals surface area contributed by atoms with E-state index >= 15 is 0 Å². The number of methoxy groups -OCH3 is 1. The highest BCUT2D eigenvalue weighted by atomic mass is 32.1. The van der Waals surface area contributed by atoms with Crippen LogP contribution in [0, 0.1) is 0 Å². The summed E-state index contributed by atoms with van der Waals surface area (Å²) in [6.45, 7) is 0.940. The molecule has 0 fully saturated rings. The minimum absolute atomic E-state index is 0.940. The lowest BCUT2D eigenvalue weighted by Gasteiger charge is -2.03. The minimum atomic E-state index is 0.940. The summed E-state index contributed by atoms with van der Waals surface area (Å²) in [5, 5.41) is 0. The van der Waals surface area contributed by atoms with E-state index in [4.69, 9.17) is 4.74 Å². The molecule has 0 rings (SSSR count). The van der Waals surface area contributed by atoms with Gasteiger partial charge >= 0.3 is 0 Å². The quantitative estimate of drug-likeness (QED) is 0.216. The van der Waals surface area contributed by atoms with E-state index in [0.717, 1.165) is 12.4 Å². The van der Waals surface area contributed by atoms with E-state index in [1.165, 1.54) is 103 Å². The Hall–Kier alpha value is 0.310. The Bertz CT molecular complexity index is 155. The molecular weight excluding hydrogens is 276 g/mol. The Morgan fingerprint density at radius 2 is 0.762 bits per heavy atom. The van der Waals surface area contributed by atoms with Gasteiger partial charge in [0.25, 0.3) is 0 Å².